The zero-order chi connectivity index (χ0) is 16.6. The van der Waals surface area contributed by atoms with Gasteiger partial charge in [-0.3, -0.25) is 0 Å². The minimum absolute atomic E-state index is 0.854. The van der Waals surface area contributed by atoms with Crippen LogP contribution in [0.4, 0.5) is 0 Å². The Kier molecular flexibility index (Phi) is 5.39. The first-order chi connectivity index (χ1) is 11.8. The van der Waals surface area contributed by atoms with Gasteiger partial charge in [0, 0.05) is 22.3 Å². The summed E-state index contributed by atoms with van der Waals surface area (Å²) >= 11 is 0. The van der Waals surface area contributed by atoms with Crippen molar-refractivity contribution in [2.75, 3.05) is 7.11 Å². The fraction of sp³-hybridized carbons (Fsp3) is 0.217. The topological polar surface area (TPSA) is 9.23 Å². The van der Waals surface area contributed by atoms with Gasteiger partial charge in [-0.25, -0.2) is 0 Å². The number of hydrogen-bond donors (Lipinski definition) is 0. The lowest BCUT2D eigenvalue weighted by atomic mass is 9.92. The molecule has 0 aromatic heterocycles. The molecule has 0 amide bonds. The van der Waals surface area contributed by atoms with Crippen LogP contribution in [-0.4, -0.2) is 7.11 Å². The molecule has 24 heavy (non-hydrogen) atoms. The summed E-state index contributed by atoms with van der Waals surface area (Å²) in [4.78, 5) is 0. The van der Waals surface area contributed by atoms with Gasteiger partial charge in [0.05, 0.1) is 7.11 Å². The van der Waals surface area contributed by atoms with Crippen LogP contribution in [-0.2, 0) is 0 Å². The number of ether oxygens (including phenoxy) is 1. The smallest absolute Gasteiger partial charge is 0.118 e. The van der Waals surface area contributed by atoms with Gasteiger partial charge < -0.3 is 4.74 Å². The summed E-state index contributed by atoms with van der Waals surface area (Å²) in [6.45, 7) is 0. The summed E-state index contributed by atoms with van der Waals surface area (Å²) in [5, 5.41) is 0. The first-order valence-electron chi connectivity index (χ1n) is 8.30. The molecule has 0 saturated heterocycles. The summed E-state index contributed by atoms with van der Waals surface area (Å²) in [5.74, 6) is 14.1. The third-order valence-electron chi connectivity index (χ3n) is 4.05. The standard InChI is InChI=1S/C23H20O/c1-24-23-17-13-20(14-18-23)12-16-22-10-6-5-9-21(22)15-11-19-7-3-2-4-8-19/h2-4,7-8,13-14,17-18H,5-6,9-10H2,1H3. The minimum Gasteiger partial charge on any atom is -0.497 e. The molecule has 0 spiro atoms. The highest BCUT2D eigenvalue weighted by atomic mass is 16.5. The maximum atomic E-state index is 5.18. The molecule has 0 aliphatic heterocycles. The van der Waals surface area contributed by atoms with E-state index in [2.05, 4.69) is 23.7 Å². The van der Waals surface area contributed by atoms with Crippen LogP contribution in [0.15, 0.2) is 65.7 Å². The molecule has 0 fully saturated rings. The Bertz CT molecular complexity index is 834. The molecule has 118 valence electrons. The molecule has 0 atom stereocenters. The molecule has 0 N–H and O–H groups in total. The second-order valence-corrected chi connectivity index (χ2v) is 5.76. The van der Waals surface area contributed by atoms with Gasteiger partial charge >= 0.3 is 0 Å². The highest BCUT2D eigenvalue weighted by molar-refractivity contribution is 5.50. The second kappa shape index (κ2) is 8.09. The molecular formula is C23H20O. The van der Waals surface area contributed by atoms with Crippen LogP contribution >= 0.6 is 0 Å². The average molecular weight is 312 g/mol. The van der Waals surface area contributed by atoms with E-state index in [-0.39, 0.29) is 0 Å². The summed E-state index contributed by atoms with van der Waals surface area (Å²) in [7, 11) is 1.67. The van der Waals surface area contributed by atoms with Gasteiger partial charge in [0.15, 0.2) is 0 Å². The molecule has 2 aromatic carbocycles. The van der Waals surface area contributed by atoms with E-state index < -0.39 is 0 Å². The van der Waals surface area contributed by atoms with Crippen molar-refractivity contribution in [3.63, 3.8) is 0 Å². The molecule has 0 radical (unpaired) electrons. The van der Waals surface area contributed by atoms with E-state index in [9.17, 15) is 0 Å². The third-order valence-corrected chi connectivity index (χ3v) is 4.05. The number of allylic oxidation sites excluding steroid dienone is 2. The lowest BCUT2D eigenvalue weighted by Crippen LogP contribution is -1.97. The molecule has 1 heteroatoms. The summed E-state index contributed by atoms with van der Waals surface area (Å²) in [6.07, 6.45) is 4.46. The Balaban J connectivity index is 1.84. The predicted molar refractivity (Wildman–Crippen MR) is 98.7 cm³/mol. The zero-order valence-electron chi connectivity index (χ0n) is 13.9. The van der Waals surface area contributed by atoms with Crippen LogP contribution in [0.2, 0.25) is 0 Å². The Hall–Kier alpha value is -2.90. The quantitative estimate of drug-likeness (QED) is 0.676. The number of rotatable bonds is 1. The zero-order valence-corrected chi connectivity index (χ0v) is 13.9. The Morgan fingerprint density at radius 3 is 1.75 bits per heavy atom. The lowest BCUT2D eigenvalue weighted by Gasteiger charge is -2.11. The van der Waals surface area contributed by atoms with Gasteiger partial charge in [-0.1, -0.05) is 41.9 Å². The normalized spacial score (nSPS) is 13.4. The number of methoxy groups -OCH3 is 1. The largest absolute Gasteiger partial charge is 0.497 e. The van der Waals surface area contributed by atoms with E-state index in [0.29, 0.717) is 0 Å². The highest BCUT2D eigenvalue weighted by Gasteiger charge is 2.09. The molecule has 3 rings (SSSR count). The van der Waals surface area contributed by atoms with Crippen LogP contribution in [0.25, 0.3) is 0 Å². The fourth-order valence-corrected chi connectivity index (χ4v) is 2.67. The molecule has 1 aliphatic rings. The average Bonchev–Trinajstić information content (AvgIpc) is 2.66. The van der Waals surface area contributed by atoms with Gasteiger partial charge in [0.25, 0.3) is 0 Å². The first kappa shape index (κ1) is 16.0. The second-order valence-electron chi connectivity index (χ2n) is 5.76. The van der Waals surface area contributed by atoms with Crippen molar-refractivity contribution in [1.82, 2.24) is 0 Å². The molecular weight excluding hydrogens is 292 g/mol. The fourth-order valence-electron chi connectivity index (χ4n) is 2.67. The molecule has 0 bridgehead atoms. The first-order valence-corrected chi connectivity index (χ1v) is 8.30. The van der Waals surface area contributed by atoms with E-state index in [1.54, 1.807) is 7.11 Å². The number of benzene rings is 2. The van der Waals surface area contributed by atoms with Crippen molar-refractivity contribution in [3.05, 3.63) is 76.9 Å². The Labute approximate surface area is 144 Å². The highest BCUT2D eigenvalue weighted by Crippen LogP contribution is 2.24. The maximum absolute atomic E-state index is 5.18. The van der Waals surface area contributed by atoms with Crippen molar-refractivity contribution in [3.8, 4) is 29.4 Å². The van der Waals surface area contributed by atoms with E-state index in [1.165, 1.54) is 24.0 Å². The monoisotopic (exact) mass is 312 g/mol. The molecule has 1 aliphatic carbocycles. The number of hydrogen-bond acceptors (Lipinski definition) is 1. The van der Waals surface area contributed by atoms with E-state index >= 15 is 0 Å². The van der Waals surface area contributed by atoms with E-state index in [0.717, 1.165) is 29.7 Å². The van der Waals surface area contributed by atoms with Crippen LogP contribution in [0.1, 0.15) is 36.8 Å². The Morgan fingerprint density at radius 2 is 1.21 bits per heavy atom. The molecule has 0 unspecified atom stereocenters. The lowest BCUT2D eigenvalue weighted by molar-refractivity contribution is 0.415. The summed E-state index contributed by atoms with van der Waals surface area (Å²) in [5.41, 5.74) is 4.45. The van der Waals surface area contributed by atoms with Crippen molar-refractivity contribution < 1.29 is 4.74 Å². The van der Waals surface area contributed by atoms with Crippen LogP contribution in [0, 0.1) is 23.7 Å². The Morgan fingerprint density at radius 1 is 0.667 bits per heavy atom. The third kappa shape index (κ3) is 4.31. The minimum atomic E-state index is 0.854. The predicted octanol–water partition coefficient (Wildman–Crippen LogP) is 4.97. The SMILES string of the molecule is COc1ccc(C#CC2=C(C#Cc3ccccc3)CCCC2)cc1. The van der Waals surface area contributed by atoms with Crippen molar-refractivity contribution >= 4 is 0 Å². The van der Waals surface area contributed by atoms with Crippen LogP contribution in [0.5, 0.6) is 5.75 Å². The van der Waals surface area contributed by atoms with Gasteiger partial charge in [-0.2, -0.15) is 0 Å². The van der Waals surface area contributed by atoms with Crippen LogP contribution in [0.3, 0.4) is 0 Å². The maximum Gasteiger partial charge on any atom is 0.118 e. The van der Waals surface area contributed by atoms with E-state index in [4.69, 9.17) is 4.74 Å². The van der Waals surface area contributed by atoms with Crippen molar-refractivity contribution in [1.29, 1.82) is 0 Å². The summed E-state index contributed by atoms with van der Waals surface area (Å²) < 4.78 is 5.18. The van der Waals surface area contributed by atoms with Gasteiger partial charge in [-0.05, 0) is 62.1 Å². The molecule has 0 heterocycles. The van der Waals surface area contributed by atoms with Gasteiger partial charge in [0.1, 0.15) is 5.75 Å². The summed E-state index contributed by atoms with van der Waals surface area (Å²) in [6, 6.07) is 18.0. The molecule has 0 saturated carbocycles. The molecule has 2 aromatic rings. The van der Waals surface area contributed by atoms with Crippen LogP contribution < -0.4 is 4.74 Å². The van der Waals surface area contributed by atoms with Gasteiger partial charge in [-0.15, -0.1) is 0 Å². The van der Waals surface area contributed by atoms with Crippen molar-refractivity contribution in [2.45, 2.75) is 25.7 Å². The molecule has 1 nitrogen and oxygen atoms in total. The van der Waals surface area contributed by atoms with Gasteiger partial charge in [0.2, 0.25) is 0 Å². The van der Waals surface area contributed by atoms with Crippen molar-refractivity contribution in [2.24, 2.45) is 0 Å². The van der Waals surface area contributed by atoms with E-state index in [1.807, 2.05) is 54.6 Å².